The number of halogens is 4. The van der Waals surface area contributed by atoms with Gasteiger partial charge in [0.15, 0.2) is 29.6 Å². The van der Waals surface area contributed by atoms with Crippen molar-refractivity contribution in [2.75, 3.05) is 18.5 Å². The van der Waals surface area contributed by atoms with Gasteiger partial charge in [-0.05, 0) is 72.7 Å². The van der Waals surface area contributed by atoms with Crippen LogP contribution < -0.4 is 10.3 Å². The molecule has 353 valence electrons. The molecule has 0 saturated carbocycles. The van der Waals surface area contributed by atoms with Gasteiger partial charge in [0.25, 0.3) is 0 Å². The molecule has 6 aromatic heterocycles. The number of nitrogens with zero attached hydrogens (tertiary/aromatic N) is 9. The predicted molar refractivity (Wildman–Crippen MR) is 236 cm³/mol. The molecular weight excluding hydrogens is 978 g/mol. The number of allylic oxidation sites excluding steroid dienone is 2. The van der Waals surface area contributed by atoms with Crippen molar-refractivity contribution in [3.8, 4) is 22.8 Å². The summed E-state index contributed by atoms with van der Waals surface area (Å²) in [6.45, 7) is -0.713. The van der Waals surface area contributed by atoms with Crippen molar-refractivity contribution in [3.63, 3.8) is 0 Å². The summed E-state index contributed by atoms with van der Waals surface area (Å²) in [7, 11) is 0. The first-order valence-corrected chi connectivity index (χ1v) is 20.7. The Hall–Kier alpha value is -6.71. The molecule has 0 amide bonds. The number of aliphatic hydroxyl groups is 4. The molecule has 0 bridgehead atoms. The Kier molecular flexibility index (Phi) is 18.6. The first kappa shape index (κ1) is 50.7. The van der Waals surface area contributed by atoms with Crippen LogP contribution in [0.1, 0.15) is 23.4 Å². The minimum atomic E-state index is -1.60. The minimum absolute atomic E-state index is 0. The molecule has 1 fully saturated rings. The summed E-state index contributed by atoms with van der Waals surface area (Å²) in [6.07, 6.45) is 7.30. The summed E-state index contributed by atoms with van der Waals surface area (Å²) < 4.78 is 72.6. The van der Waals surface area contributed by atoms with Gasteiger partial charge in [-0.15, -0.1) is 10.8 Å². The molecule has 9 rings (SSSR count). The molecule has 2 aliphatic heterocycles. The third-order valence-corrected chi connectivity index (χ3v) is 10.0. The Morgan fingerprint density at radius 1 is 0.735 bits per heavy atom. The smallest absolute Gasteiger partial charge is 0.664 e. The average Bonchev–Trinajstić information content (AvgIpc) is 4.21. The van der Waals surface area contributed by atoms with Crippen molar-refractivity contribution in [3.05, 3.63) is 180 Å². The summed E-state index contributed by atoms with van der Waals surface area (Å²) in [5.74, 6) is -6.39. The average molecular weight is 1020 g/mol. The van der Waals surface area contributed by atoms with Gasteiger partial charge >= 0.3 is 19.5 Å². The Bertz CT molecular complexity index is 2550. The molecule has 1 aromatic carbocycles. The normalized spacial score (nSPS) is 19.0. The number of benzene rings is 1. The molecule has 2 aliphatic rings. The maximum absolute atomic E-state index is 15.2. The second-order valence-electron chi connectivity index (χ2n) is 14.5. The number of aliphatic imine (C=N–C) groups is 1. The van der Waals surface area contributed by atoms with Gasteiger partial charge in [0.05, 0.1) is 53.4 Å². The van der Waals surface area contributed by atoms with E-state index in [0.29, 0.717) is 5.69 Å². The molecule has 16 nitrogen and oxygen atoms in total. The van der Waals surface area contributed by atoms with Crippen LogP contribution in [0.4, 0.5) is 23.2 Å². The zero-order chi connectivity index (χ0) is 47.1. The van der Waals surface area contributed by atoms with Crippen molar-refractivity contribution >= 4 is 17.5 Å². The number of aryl methyl sites for hydroxylation is 1. The minimum Gasteiger partial charge on any atom is -0.664 e. The van der Waals surface area contributed by atoms with Crippen molar-refractivity contribution in [2.24, 2.45) is 4.99 Å². The number of ether oxygens (including phenoxy) is 2. The SMILES string of the molecule is OCC1OC(OCc2cn(CCCNc3c(F)c(F)c(/C(=C4\C=CC=N4)c4ccc[n-]4)c(F)c3F)nn2)C(O)C(O)C1O.[Ru+].c1ccc(-c2ccccn2)nc1.c1ccc(-c2ccccn2)nc1. The van der Waals surface area contributed by atoms with Gasteiger partial charge in [-0.1, -0.05) is 41.6 Å². The predicted octanol–water partition coefficient (Wildman–Crippen LogP) is 5.30. The number of hydrogen-bond acceptors (Lipinski definition) is 14. The molecule has 21 heteroatoms. The van der Waals surface area contributed by atoms with E-state index in [2.05, 4.69) is 45.5 Å². The van der Waals surface area contributed by atoms with E-state index in [0.717, 1.165) is 22.8 Å². The standard InChI is InChI=1S/C27H27F4N6O6.2C10H8N2.Ru/c28-19-18(17(14-4-1-6-32-14)15-5-2-7-33-15)20(29)22(31)23(21(19)30)34-8-3-9-37-10-13(35-36-37)12-42-27-26(41)25(40)24(39)16(11-38)43-27;2*1-3-7-11-9(5-1)10-6-2-4-8-12-10;/h1-2,4-7,10,16,24-27,34,38-41H,3,8-9,11-12H2;2*1-8H;/q-1;;;+1/b17-14+;;;. The fraction of sp³-hybridized carbons (Fsp3) is 0.213. The van der Waals surface area contributed by atoms with E-state index in [4.69, 9.17) is 9.47 Å². The molecule has 5 unspecified atom stereocenters. The van der Waals surface area contributed by atoms with E-state index in [1.165, 1.54) is 47.6 Å². The maximum Gasteiger partial charge on any atom is 1.00 e. The van der Waals surface area contributed by atoms with Gasteiger partial charge in [0.2, 0.25) is 0 Å². The Morgan fingerprint density at radius 3 is 1.78 bits per heavy atom. The van der Waals surface area contributed by atoms with Crippen LogP contribution in [0.5, 0.6) is 0 Å². The summed E-state index contributed by atoms with van der Waals surface area (Å²) in [5, 5.41) is 49.2. The fourth-order valence-electron chi connectivity index (χ4n) is 6.69. The molecule has 5 atom stereocenters. The zero-order valence-corrected chi connectivity index (χ0v) is 37.4. The summed E-state index contributed by atoms with van der Waals surface area (Å²) in [6, 6.07) is 26.2. The number of nitrogens with one attached hydrogen (secondary N) is 1. The monoisotopic (exact) mass is 1020 g/mol. The van der Waals surface area contributed by atoms with Crippen LogP contribution in [-0.4, -0.2) is 105 Å². The van der Waals surface area contributed by atoms with Crippen LogP contribution in [0.2, 0.25) is 0 Å². The molecule has 7 aromatic rings. The van der Waals surface area contributed by atoms with Gasteiger partial charge in [-0.25, -0.2) is 17.6 Å². The van der Waals surface area contributed by atoms with Gasteiger partial charge in [0.1, 0.15) is 35.8 Å². The Morgan fingerprint density at radius 2 is 1.31 bits per heavy atom. The van der Waals surface area contributed by atoms with Crippen LogP contribution >= 0.6 is 0 Å². The zero-order valence-electron chi connectivity index (χ0n) is 35.7. The molecule has 0 aliphatic carbocycles. The number of rotatable bonds is 13. The molecule has 5 N–H and O–H groups in total. The van der Waals surface area contributed by atoms with Crippen molar-refractivity contribution < 1.29 is 66.9 Å². The van der Waals surface area contributed by atoms with Crippen molar-refractivity contribution in [2.45, 2.75) is 50.3 Å². The van der Waals surface area contributed by atoms with Crippen molar-refractivity contribution in [1.82, 2.24) is 39.9 Å². The summed E-state index contributed by atoms with van der Waals surface area (Å²) in [4.78, 5) is 24.8. The third kappa shape index (κ3) is 12.6. The van der Waals surface area contributed by atoms with E-state index >= 15 is 17.6 Å². The first-order valence-electron chi connectivity index (χ1n) is 20.7. The quantitative estimate of drug-likeness (QED) is 0.0429. The number of aromatic nitrogens is 8. The number of anilines is 1. The summed E-state index contributed by atoms with van der Waals surface area (Å²) >= 11 is 0. The van der Waals surface area contributed by atoms with E-state index in [9.17, 15) is 20.4 Å². The third-order valence-electron chi connectivity index (χ3n) is 10.0. The second-order valence-corrected chi connectivity index (χ2v) is 14.5. The van der Waals surface area contributed by atoms with Crippen LogP contribution in [-0.2, 0) is 42.1 Å². The molecule has 8 heterocycles. The van der Waals surface area contributed by atoms with E-state index in [-0.39, 0.29) is 62.6 Å². The molecule has 0 spiro atoms. The largest absolute Gasteiger partial charge is 1.00 e. The molecule has 1 radical (unpaired) electrons. The Balaban J connectivity index is 0.000000244. The van der Waals surface area contributed by atoms with Gasteiger partial charge in [-0.3, -0.25) is 29.6 Å². The topological polar surface area (TPSA) is 220 Å². The van der Waals surface area contributed by atoms with Crippen LogP contribution in [0.25, 0.3) is 28.3 Å². The second kappa shape index (κ2) is 24.9. The van der Waals surface area contributed by atoms with E-state index in [1.54, 1.807) is 24.8 Å². The molecule has 68 heavy (non-hydrogen) atoms. The van der Waals surface area contributed by atoms with Crippen LogP contribution in [0, 0.1) is 23.3 Å². The van der Waals surface area contributed by atoms with Gasteiger partial charge in [0, 0.05) is 44.1 Å². The molecule has 1 saturated heterocycles. The fourth-order valence-corrected chi connectivity index (χ4v) is 6.69. The van der Waals surface area contributed by atoms with E-state index in [1.807, 2.05) is 72.8 Å². The van der Waals surface area contributed by atoms with Crippen LogP contribution in [0.15, 0.2) is 145 Å². The number of hydrogen-bond donors (Lipinski definition) is 5. The molecular formula is C47H43F4N10O6Ru. The van der Waals surface area contributed by atoms with Gasteiger partial charge in [-0.2, -0.15) is 6.20 Å². The van der Waals surface area contributed by atoms with Crippen molar-refractivity contribution in [1.29, 1.82) is 0 Å². The van der Waals surface area contributed by atoms with Gasteiger partial charge < -0.3 is 40.2 Å². The maximum atomic E-state index is 15.2. The number of aliphatic hydroxyl groups excluding tert-OH is 4. The Labute approximate surface area is 399 Å². The van der Waals surface area contributed by atoms with Crippen LogP contribution in [0.3, 0.4) is 0 Å². The number of pyridine rings is 4. The summed E-state index contributed by atoms with van der Waals surface area (Å²) in [5.41, 5.74) is 2.09. The first-order chi connectivity index (χ1) is 32.6. The van der Waals surface area contributed by atoms with E-state index < -0.39 is 71.8 Å².